The Morgan fingerprint density at radius 3 is 2.52 bits per heavy atom. The van der Waals surface area contributed by atoms with Crippen LogP contribution in [0.25, 0.3) is 0 Å². The molecule has 0 radical (unpaired) electrons. The number of nitrogens with one attached hydrogen (secondary N) is 1. The van der Waals surface area contributed by atoms with E-state index in [-0.39, 0.29) is 13.2 Å². The highest BCUT2D eigenvalue weighted by Gasteiger charge is 2.04. The first-order chi connectivity index (χ1) is 10.2. The van der Waals surface area contributed by atoms with Gasteiger partial charge < -0.3 is 20.3 Å². The number of pyridine rings is 1. The zero-order chi connectivity index (χ0) is 15.5. The number of aliphatic hydroxyl groups is 2. The average Bonchev–Trinajstić information content (AvgIpc) is 2.52. The van der Waals surface area contributed by atoms with Crippen molar-refractivity contribution in [2.24, 2.45) is 5.92 Å². The molecule has 1 heterocycles. The van der Waals surface area contributed by atoms with Crippen LogP contribution in [0.1, 0.15) is 18.3 Å². The highest BCUT2D eigenvalue weighted by atomic mass is 33.1. The molecule has 1 aromatic heterocycles. The lowest BCUT2D eigenvalue weighted by atomic mass is 10.2. The second kappa shape index (κ2) is 11.1. The Kier molecular flexibility index (Phi) is 9.86. The third-order valence-corrected chi connectivity index (χ3v) is 4.80. The van der Waals surface area contributed by atoms with E-state index in [1.807, 2.05) is 10.8 Å². The van der Waals surface area contributed by atoms with Crippen LogP contribution >= 0.6 is 21.6 Å². The van der Waals surface area contributed by atoms with Gasteiger partial charge in [-0.3, -0.25) is 4.98 Å². The van der Waals surface area contributed by atoms with Crippen molar-refractivity contribution >= 4 is 21.6 Å². The Balaban J connectivity index is 2.26. The first-order valence-corrected chi connectivity index (χ1v) is 9.63. The normalized spacial score (nSPS) is 12.4. The van der Waals surface area contributed by atoms with Crippen molar-refractivity contribution in [3.8, 4) is 5.75 Å². The molecule has 0 bridgehead atoms. The maximum Gasteiger partial charge on any atom is 0.123 e. The van der Waals surface area contributed by atoms with E-state index in [4.69, 9.17) is 14.9 Å². The van der Waals surface area contributed by atoms with Crippen molar-refractivity contribution in [2.45, 2.75) is 20.1 Å². The van der Waals surface area contributed by atoms with Gasteiger partial charge in [-0.15, -0.1) is 0 Å². The molecule has 120 valence electrons. The van der Waals surface area contributed by atoms with Crippen LogP contribution in [-0.4, -0.2) is 46.9 Å². The van der Waals surface area contributed by atoms with E-state index >= 15 is 0 Å². The molecule has 0 saturated carbocycles. The SMILES string of the molecule is CSSCC(C)CNCCOc1cc(CO)nc(CO)c1. The lowest BCUT2D eigenvalue weighted by Crippen LogP contribution is -2.26. The second-order valence-corrected chi connectivity index (χ2v) is 7.32. The lowest BCUT2D eigenvalue weighted by Gasteiger charge is -2.12. The Morgan fingerprint density at radius 1 is 1.29 bits per heavy atom. The van der Waals surface area contributed by atoms with Crippen LogP contribution in [0.3, 0.4) is 0 Å². The molecule has 0 aromatic carbocycles. The molecule has 1 atom stereocenters. The molecular formula is C14H24N2O3S2. The summed E-state index contributed by atoms with van der Waals surface area (Å²) in [7, 11) is 3.67. The van der Waals surface area contributed by atoms with Crippen molar-refractivity contribution in [3.05, 3.63) is 23.5 Å². The number of rotatable bonds is 11. The van der Waals surface area contributed by atoms with Crippen LogP contribution < -0.4 is 10.1 Å². The minimum atomic E-state index is -0.160. The fraction of sp³-hybridized carbons (Fsp3) is 0.643. The molecule has 3 N–H and O–H groups in total. The standard InChI is InChI=1S/C14H24N2O3S2/c1-11(10-21-20-2)7-15-3-4-19-14-5-12(8-17)16-13(6-14)9-18/h5-6,11,15,17-18H,3-4,7-10H2,1-2H3. The van der Waals surface area contributed by atoms with Gasteiger partial charge in [0.2, 0.25) is 0 Å². The van der Waals surface area contributed by atoms with Gasteiger partial charge in [0.05, 0.1) is 24.6 Å². The van der Waals surface area contributed by atoms with Crippen LogP contribution in [0, 0.1) is 5.92 Å². The van der Waals surface area contributed by atoms with Crippen LogP contribution in [0.5, 0.6) is 5.75 Å². The Morgan fingerprint density at radius 2 is 1.95 bits per heavy atom. The average molecular weight is 332 g/mol. The smallest absolute Gasteiger partial charge is 0.123 e. The molecule has 0 fully saturated rings. The fourth-order valence-electron chi connectivity index (χ4n) is 1.70. The number of hydrogen-bond acceptors (Lipinski definition) is 7. The predicted octanol–water partition coefficient (Wildman–Crippen LogP) is 1.68. The molecule has 7 heteroatoms. The maximum atomic E-state index is 9.11. The summed E-state index contributed by atoms with van der Waals surface area (Å²) in [6.07, 6.45) is 2.09. The van der Waals surface area contributed by atoms with Gasteiger partial charge in [0.25, 0.3) is 0 Å². The lowest BCUT2D eigenvalue weighted by molar-refractivity contribution is 0.261. The number of nitrogens with zero attached hydrogens (tertiary/aromatic N) is 1. The third-order valence-electron chi connectivity index (χ3n) is 2.74. The predicted molar refractivity (Wildman–Crippen MR) is 89.6 cm³/mol. The molecule has 5 nitrogen and oxygen atoms in total. The Hall–Kier alpha value is -0.470. The molecule has 0 aliphatic rings. The van der Waals surface area contributed by atoms with Gasteiger partial charge in [0, 0.05) is 24.4 Å². The van der Waals surface area contributed by atoms with Crippen molar-refractivity contribution in [1.29, 1.82) is 0 Å². The van der Waals surface area contributed by atoms with Crippen LogP contribution in [0.2, 0.25) is 0 Å². The van der Waals surface area contributed by atoms with Crippen molar-refractivity contribution < 1.29 is 14.9 Å². The van der Waals surface area contributed by atoms with E-state index < -0.39 is 0 Å². The van der Waals surface area contributed by atoms with E-state index in [1.165, 1.54) is 0 Å². The van der Waals surface area contributed by atoms with Crippen molar-refractivity contribution in [2.75, 3.05) is 31.7 Å². The minimum absolute atomic E-state index is 0.160. The summed E-state index contributed by atoms with van der Waals surface area (Å²) in [4.78, 5) is 4.07. The molecule has 0 amide bonds. The highest BCUT2D eigenvalue weighted by Crippen LogP contribution is 2.19. The van der Waals surface area contributed by atoms with Gasteiger partial charge in [-0.05, 0) is 18.7 Å². The summed E-state index contributed by atoms with van der Waals surface area (Å²) in [6.45, 7) is 4.18. The summed E-state index contributed by atoms with van der Waals surface area (Å²) < 4.78 is 5.62. The molecule has 21 heavy (non-hydrogen) atoms. The zero-order valence-corrected chi connectivity index (χ0v) is 14.2. The van der Waals surface area contributed by atoms with E-state index in [9.17, 15) is 0 Å². The molecule has 1 aromatic rings. The molecular weight excluding hydrogens is 308 g/mol. The summed E-state index contributed by atoms with van der Waals surface area (Å²) in [5.74, 6) is 2.40. The van der Waals surface area contributed by atoms with Gasteiger partial charge in [0.15, 0.2) is 0 Å². The van der Waals surface area contributed by atoms with Crippen LogP contribution in [-0.2, 0) is 13.2 Å². The van der Waals surface area contributed by atoms with Gasteiger partial charge in [-0.25, -0.2) is 0 Å². The molecule has 0 spiro atoms. The fourth-order valence-corrected chi connectivity index (χ4v) is 3.29. The monoisotopic (exact) mass is 332 g/mol. The largest absolute Gasteiger partial charge is 0.492 e. The summed E-state index contributed by atoms with van der Waals surface area (Å²) in [5, 5.41) is 21.6. The molecule has 0 aliphatic heterocycles. The topological polar surface area (TPSA) is 74.6 Å². The number of aliphatic hydroxyl groups excluding tert-OH is 2. The Labute approximate surface area is 134 Å². The maximum absolute atomic E-state index is 9.11. The van der Waals surface area contributed by atoms with E-state index in [2.05, 4.69) is 23.5 Å². The van der Waals surface area contributed by atoms with Crippen LogP contribution in [0.15, 0.2) is 12.1 Å². The Bertz CT molecular complexity index is 386. The summed E-state index contributed by atoms with van der Waals surface area (Å²) in [5.41, 5.74) is 1.01. The summed E-state index contributed by atoms with van der Waals surface area (Å²) >= 11 is 0. The highest BCUT2D eigenvalue weighted by molar-refractivity contribution is 8.76. The summed E-state index contributed by atoms with van der Waals surface area (Å²) in [6, 6.07) is 3.38. The van der Waals surface area contributed by atoms with E-state index in [0.717, 1.165) is 18.8 Å². The molecule has 0 aliphatic carbocycles. The van der Waals surface area contributed by atoms with Gasteiger partial charge in [-0.2, -0.15) is 0 Å². The van der Waals surface area contributed by atoms with E-state index in [1.54, 1.807) is 22.9 Å². The number of hydrogen-bond donors (Lipinski definition) is 3. The first kappa shape index (κ1) is 18.6. The number of aromatic nitrogens is 1. The van der Waals surface area contributed by atoms with Crippen LogP contribution in [0.4, 0.5) is 0 Å². The minimum Gasteiger partial charge on any atom is -0.492 e. The van der Waals surface area contributed by atoms with E-state index in [0.29, 0.717) is 29.7 Å². The molecule has 1 rings (SSSR count). The van der Waals surface area contributed by atoms with Gasteiger partial charge >= 0.3 is 0 Å². The quantitative estimate of drug-likeness (QED) is 0.420. The number of ether oxygens (including phenoxy) is 1. The second-order valence-electron chi connectivity index (χ2n) is 4.71. The van der Waals surface area contributed by atoms with Crippen molar-refractivity contribution in [1.82, 2.24) is 10.3 Å². The zero-order valence-electron chi connectivity index (χ0n) is 12.5. The molecule has 0 saturated heterocycles. The first-order valence-electron chi connectivity index (χ1n) is 6.90. The van der Waals surface area contributed by atoms with Gasteiger partial charge in [-0.1, -0.05) is 28.5 Å². The van der Waals surface area contributed by atoms with Gasteiger partial charge in [0.1, 0.15) is 12.4 Å². The molecule has 1 unspecified atom stereocenters. The third kappa shape index (κ3) is 7.92. The van der Waals surface area contributed by atoms with Crippen molar-refractivity contribution in [3.63, 3.8) is 0 Å².